The molecule has 3 N–H and O–H groups in total. The van der Waals surface area contributed by atoms with Gasteiger partial charge in [0.1, 0.15) is 5.75 Å². The van der Waals surface area contributed by atoms with Crippen LogP contribution in [0.25, 0.3) is 0 Å². The predicted molar refractivity (Wildman–Crippen MR) is 135 cm³/mol. The van der Waals surface area contributed by atoms with Gasteiger partial charge in [0.05, 0.1) is 32.2 Å². The second-order valence-corrected chi connectivity index (χ2v) is 8.64. The van der Waals surface area contributed by atoms with E-state index in [9.17, 15) is 19.5 Å². The molecule has 36 heavy (non-hydrogen) atoms. The first-order chi connectivity index (χ1) is 17.5. The van der Waals surface area contributed by atoms with Gasteiger partial charge in [-0.15, -0.1) is 0 Å². The van der Waals surface area contributed by atoms with E-state index >= 15 is 0 Å². The fourth-order valence-electron chi connectivity index (χ4n) is 4.66. The number of hydrogen-bond acceptors (Lipinski definition) is 5. The molecule has 1 saturated heterocycles. The molecule has 0 aromatic heterocycles. The van der Waals surface area contributed by atoms with Crippen LogP contribution in [0.3, 0.4) is 0 Å². The minimum Gasteiger partial charge on any atom is -0.508 e. The number of aromatic hydroxyl groups is 1. The van der Waals surface area contributed by atoms with Crippen LogP contribution in [0.15, 0.2) is 78.9 Å². The van der Waals surface area contributed by atoms with Crippen LogP contribution in [0.5, 0.6) is 5.75 Å². The van der Waals surface area contributed by atoms with Gasteiger partial charge >= 0.3 is 12.0 Å². The molecule has 0 saturated carbocycles. The van der Waals surface area contributed by atoms with Gasteiger partial charge in [-0.3, -0.25) is 9.59 Å². The van der Waals surface area contributed by atoms with Crippen molar-refractivity contribution >= 4 is 23.6 Å². The third-order valence-electron chi connectivity index (χ3n) is 6.31. The summed E-state index contributed by atoms with van der Waals surface area (Å²) in [6.45, 7) is -0.207. The lowest BCUT2D eigenvalue weighted by molar-refractivity contribution is -0.139. The second kappa shape index (κ2) is 11.4. The van der Waals surface area contributed by atoms with E-state index in [1.807, 2.05) is 42.5 Å². The molecule has 3 amide bonds. The molecule has 0 bridgehead atoms. The number of methoxy groups -OCH3 is 1. The highest BCUT2D eigenvalue weighted by molar-refractivity contribution is 5.92. The number of urea groups is 1. The number of benzene rings is 3. The lowest BCUT2D eigenvalue weighted by atomic mass is 10.0. The predicted octanol–water partition coefficient (Wildman–Crippen LogP) is 4.33. The van der Waals surface area contributed by atoms with Gasteiger partial charge in [0.15, 0.2) is 0 Å². The highest BCUT2D eigenvalue weighted by atomic mass is 16.5. The number of carbonyl (C=O) groups excluding carboxylic acids is 3. The van der Waals surface area contributed by atoms with Gasteiger partial charge in [-0.2, -0.15) is 0 Å². The summed E-state index contributed by atoms with van der Waals surface area (Å²) in [5, 5.41) is 15.8. The van der Waals surface area contributed by atoms with Gasteiger partial charge in [0, 0.05) is 11.3 Å². The molecule has 0 aliphatic carbocycles. The zero-order valence-electron chi connectivity index (χ0n) is 20.0. The Bertz CT molecular complexity index is 1230. The minimum absolute atomic E-state index is 0.0929. The molecule has 1 aliphatic rings. The maximum atomic E-state index is 13.4. The third kappa shape index (κ3) is 5.83. The molecule has 0 spiro atoms. The molecule has 3 aromatic rings. The first kappa shape index (κ1) is 24.8. The van der Waals surface area contributed by atoms with Gasteiger partial charge in [-0.05, 0) is 42.2 Å². The molecule has 1 fully saturated rings. The summed E-state index contributed by atoms with van der Waals surface area (Å²) in [4.78, 5) is 39.3. The van der Waals surface area contributed by atoms with Crippen LogP contribution in [0.2, 0.25) is 0 Å². The average Bonchev–Trinajstić information content (AvgIpc) is 3.33. The van der Waals surface area contributed by atoms with Crippen molar-refractivity contribution in [2.24, 2.45) is 0 Å². The number of ether oxygens (including phenoxy) is 1. The maximum Gasteiger partial charge on any atom is 0.319 e. The lowest BCUT2D eigenvalue weighted by Crippen LogP contribution is -2.42. The number of para-hydroxylation sites is 1. The Balaban J connectivity index is 1.45. The number of likely N-dealkylation sites (tertiary alicyclic amines) is 1. The molecule has 0 radical (unpaired) electrons. The van der Waals surface area contributed by atoms with E-state index < -0.39 is 6.03 Å². The average molecular weight is 488 g/mol. The van der Waals surface area contributed by atoms with Crippen molar-refractivity contribution in [1.29, 1.82) is 0 Å². The van der Waals surface area contributed by atoms with Crippen LogP contribution >= 0.6 is 0 Å². The van der Waals surface area contributed by atoms with Crippen molar-refractivity contribution in [3.63, 3.8) is 0 Å². The van der Waals surface area contributed by atoms with E-state index in [2.05, 4.69) is 15.4 Å². The summed E-state index contributed by atoms with van der Waals surface area (Å²) in [6.07, 6.45) is 1.53. The summed E-state index contributed by atoms with van der Waals surface area (Å²) >= 11 is 0. The van der Waals surface area contributed by atoms with E-state index in [0.717, 1.165) is 12.0 Å². The van der Waals surface area contributed by atoms with Crippen molar-refractivity contribution in [3.05, 3.63) is 95.6 Å². The molecule has 8 nitrogen and oxygen atoms in total. The van der Waals surface area contributed by atoms with E-state index in [-0.39, 0.29) is 42.7 Å². The summed E-state index contributed by atoms with van der Waals surface area (Å²) in [6, 6.07) is 22.7. The van der Waals surface area contributed by atoms with Crippen LogP contribution < -0.4 is 10.6 Å². The van der Waals surface area contributed by atoms with Crippen LogP contribution in [0.1, 0.15) is 41.6 Å². The van der Waals surface area contributed by atoms with Crippen molar-refractivity contribution in [2.45, 2.75) is 31.3 Å². The Hall–Kier alpha value is -4.33. The first-order valence-corrected chi connectivity index (χ1v) is 11.8. The quantitative estimate of drug-likeness (QED) is 0.430. The third-order valence-corrected chi connectivity index (χ3v) is 6.31. The second-order valence-electron chi connectivity index (χ2n) is 8.64. The highest BCUT2D eigenvalue weighted by Gasteiger charge is 2.39. The van der Waals surface area contributed by atoms with E-state index in [4.69, 9.17) is 0 Å². The van der Waals surface area contributed by atoms with Gasteiger partial charge in [-0.1, -0.05) is 60.7 Å². The molecular weight excluding hydrogens is 458 g/mol. The number of carbonyl (C=O) groups is 3. The molecule has 4 rings (SSSR count). The number of hydrogen-bond donors (Lipinski definition) is 3. The summed E-state index contributed by atoms with van der Waals surface area (Å²) in [7, 11) is 1.32. The Morgan fingerprint density at radius 1 is 0.944 bits per heavy atom. The molecule has 2 atom stereocenters. The Morgan fingerprint density at radius 2 is 1.67 bits per heavy atom. The topological polar surface area (TPSA) is 108 Å². The van der Waals surface area contributed by atoms with Crippen molar-refractivity contribution in [3.8, 4) is 5.75 Å². The SMILES string of the molecule is COC(=O)Cc1cccc(NC(=O)NCC(=O)N2C(c3ccccc3)CCC2c2ccccc2O)c1. The Labute approximate surface area is 209 Å². The molecular formula is C28H29N3O5. The number of nitrogens with one attached hydrogen (secondary N) is 2. The summed E-state index contributed by atoms with van der Waals surface area (Å²) in [5.74, 6) is -0.476. The smallest absolute Gasteiger partial charge is 0.319 e. The van der Waals surface area contributed by atoms with Crippen molar-refractivity contribution in [1.82, 2.24) is 10.2 Å². The number of phenols is 1. The fourth-order valence-corrected chi connectivity index (χ4v) is 4.66. The van der Waals surface area contributed by atoms with E-state index in [1.165, 1.54) is 7.11 Å². The van der Waals surface area contributed by atoms with Crippen molar-refractivity contribution in [2.75, 3.05) is 19.0 Å². The number of anilines is 1. The number of phenolic OH excluding ortho intramolecular Hbond substituents is 1. The van der Waals surface area contributed by atoms with Gasteiger partial charge in [0.2, 0.25) is 5.91 Å². The normalized spacial score (nSPS) is 16.9. The van der Waals surface area contributed by atoms with E-state index in [0.29, 0.717) is 23.2 Å². The number of amides is 3. The van der Waals surface area contributed by atoms with Gasteiger partial charge in [-0.25, -0.2) is 4.79 Å². The molecule has 8 heteroatoms. The molecule has 2 unspecified atom stereocenters. The first-order valence-electron chi connectivity index (χ1n) is 11.8. The van der Waals surface area contributed by atoms with Crippen molar-refractivity contribution < 1.29 is 24.2 Å². The zero-order chi connectivity index (χ0) is 25.5. The number of esters is 1. The standard InChI is InChI=1S/C28H29N3O5/c1-36-27(34)17-19-8-7-11-21(16-19)30-28(35)29-18-26(33)31-23(20-9-3-2-4-10-20)14-15-24(31)22-12-5-6-13-25(22)32/h2-13,16,23-24,32H,14-15,17-18H2,1H3,(H2,29,30,35). The van der Waals surface area contributed by atoms with Crippen LogP contribution in [0.4, 0.5) is 10.5 Å². The molecule has 1 aliphatic heterocycles. The number of nitrogens with zero attached hydrogens (tertiary/aromatic N) is 1. The lowest BCUT2D eigenvalue weighted by Gasteiger charge is -2.31. The van der Waals surface area contributed by atoms with Gasteiger partial charge in [0.25, 0.3) is 0 Å². The summed E-state index contributed by atoms with van der Waals surface area (Å²) in [5.41, 5.74) is 2.90. The fraction of sp³-hybridized carbons (Fsp3) is 0.250. The van der Waals surface area contributed by atoms with Crippen LogP contribution in [-0.2, 0) is 20.7 Å². The molecule has 3 aromatic carbocycles. The Kier molecular flexibility index (Phi) is 7.85. The molecule has 1 heterocycles. The van der Waals surface area contributed by atoms with Crippen LogP contribution in [0, 0.1) is 0 Å². The van der Waals surface area contributed by atoms with Crippen LogP contribution in [-0.4, -0.2) is 41.6 Å². The summed E-state index contributed by atoms with van der Waals surface area (Å²) < 4.78 is 4.68. The maximum absolute atomic E-state index is 13.4. The number of rotatable bonds is 7. The largest absolute Gasteiger partial charge is 0.508 e. The Morgan fingerprint density at radius 3 is 2.42 bits per heavy atom. The molecule has 186 valence electrons. The minimum atomic E-state index is -0.534. The highest BCUT2D eigenvalue weighted by Crippen LogP contribution is 2.45. The zero-order valence-corrected chi connectivity index (χ0v) is 20.0. The van der Waals surface area contributed by atoms with Gasteiger partial charge < -0.3 is 25.4 Å². The van der Waals surface area contributed by atoms with E-state index in [1.54, 1.807) is 41.3 Å². The monoisotopic (exact) mass is 487 g/mol.